The van der Waals surface area contributed by atoms with Crippen molar-refractivity contribution in [2.45, 2.75) is 11.8 Å². The zero-order valence-electron chi connectivity index (χ0n) is 8.12. The van der Waals surface area contributed by atoms with Crippen molar-refractivity contribution in [3.63, 3.8) is 0 Å². The summed E-state index contributed by atoms with van der Waals surface area (Å²) in [6.45, 7) is 2.11. The Balaban J connectivity index is 2.68. The molecule has 0 aliphatic carbocycles. The maximum absolute atomic E-state index is 11.0. The van der Waals surface area contributed by atoms with Gasteiger partial charge in [-0.15, -0.1) is 11.8 Å². The largest absolute Gasteiger partial charge is 0.325 e. The number of rotatable bonds is 4. The monoisotopic (exact) mass is 210 g/mol. The van der Waals surface area contributed by atoms with E-state index in [1.54, 1.807) is 11.8 Å². The topological polar surface area (TPSA) is 55.1 Å². The summed E-state index contributed by atoms with van der Waals surface area (Å²) in [5.41, 5.74) is 6.00. The van der Waals surface area contributed by atoms with Gasteiger partial charge in [0.25, 0.3) is 0 Å². The number of benzene rings is 1. The molecule has 0 atom stereocenters. The first-order valence-electron chi connectivity index (χ1n) is 4.49. The molecular formula is C10H14N2OS. The number of anilines is 1. The summed E-state index contributed by atoms with van der Waals surface area (Å²) in [5, 5.41) is 2.71. The summed E-state index contributed by atoms with van der Waals surface area (Å²) in [5.74, 6) is 0.859. The van der Waals surface area contributed by atoms with Gasteiger partial charge in [-0.2, -0.15) is 0 Å². The van der Waals surface area contributed by atoms with Crippen molar-refractivity contribution in [2.24, 2.45) is 5.73 Å². The van der Waals surface area contributed by atoms with Gasteiger partial charge in [0, 0.05) is 10.6 Å². The molecule has 0 saturated carbocycles. The molecule has 0 aromatic heterocycles. The van der Waals surface area contributed by atoms with Crippen LogP contribution >= 0.6 is 11.8 Å². The second-order valence-electron chi connectivity index (χ2n) is 2.71. The van der Waals surface area contributed by atoms with E-state index in [0.29, 0.717) is 0 Å². The van der Waals surface area contributed by atoms with Crippen molar-refractivity contribution >= 4 is 23.4 Å². The summed E-state index contributed by atoms with van der Waals surface area (Å²) >= 11 is 1.74. The number of hydrogen-bond donors (Lipinski definition) is 2. The summed E-state index contributed by atoms with van der Waals surface area (Å²) in [6, 6.07) is 7.74. The Bertz CT molecular complexity index is 315. The summed E-state index contributed by atoms with van der Waals surface area (Å²) in [7, 11) is 0. The van der Waals surface area contributed by atoms with E-state index in [9.17, 15) is 4.79 Å². The molecule has 3 nitrogen and oxygen atoms in total. The Labute approximate surface area is 88.1 Å². The lowest BCUT2D eigenvalue weighted by Gasteiger charge is -2.05. The van der Waals surface area contributed by atoms with Gasteiger partial charge in [0.2, 0.25) is 5.91 Å². The first kappa shape index (κ1) is 11.1. The molecule has 3 N–H and O–H groups in total. The number of nitrogens with one attached hydrogen (secondary N) is 1. The number of nitrogens with two attached hydrogens (primary N) is 1. The van der Waals surface area contributed by atoms with E-state index in [1.807, 2.05) is 24.3 Å². The highest BCUT2D eigenvalue weighted by Gasteiger charge is 1.99. The van der Waals surface area contributed by atoms with E-state index in [2.05, 4.69) is 12.2 Å². The SMILES string of the molecule is CCSc1cccc(NC(=O)CN)c1. The summed E-state index contributed by atoms with van der Waals surface area (Å²) in [4.78, 5) is 12.2. The standard InChI is InChI=1S/C10H14N2OS/c1-2-14-9-5-3-4-8(6-9)12-10(13)7-11/h3-6H,2,7,11H2,1H3,(H,12,13). The molecule has 0 bridgehead atoms. The lowest BCUT2D eigenvalue weighted by atomic mass is 10.3. The van der Waals surface area contributed by atoms with E-state index in [0.717, 1.165) is 16.3 Å². The Hall–Kier alpha value is -1.00. The highest BCUT2D eigenvalue weighted by molar-refractivity contribution is 7.99. The minimum atomic E-state index is -0.163. The number of thioether (sulfide) groups is 1. The molecule has 0 aliphatic rings. The predicted molar refractivity (Wildman–Crippen MR) is 60.5 cm³/mol. The van der Waals surface area contributed by atoms with E-state index in [4.69, 9.17) is 5.73 Å². The van der Waals surface area contributed by atoms with Crippen LogP contribution in [-0.4, -0.2) is 18.2 Å². The minimum Gasteiger partial charge on any atom is -0.325 e. The zero-order valence-corrected chi connectivity index (χ0v) is 8.93. The molecule has 0 spiro atoms. The Kier molecular flexibility index (Phi) is 4.49. The molecule has 0 unspecified atom stereocenters. The second-order valence-corrected chi connectivity index (χ2v) is 4.05. The van der Waals surface area contributed by atoms with E-state index in [-0.39, 0.29) is 12.5 Å². The van der Waals surface area contributed by atoms with Gasteiger partial charge in [0.15, 0.2) is 0 Å². The predicted octanol–water partition coefficient (Wildman–Crippen LogP) is 1.70. The fraction of sp³-hybridized carbons (Fsp3) is 0.300. The van der Waals surface area contributed by atoms with Gasteiger partial charge in [-0.3, -0.25) is 4.79 Å². The molecule has 0 saturated heterocycles. The molecule has 1 aromatic carbocycles. The van der Waals surface area contributed by atoms with Crippen molar-refractivity contribution in [3.8, 4) is 0 Å². The quantitative estimate of drug-likeness (QED) is 0.744. The molecule has 0 heterocycles. The average molecular weight is 210 g/mol. The highest BCUT2D eigenvalue weighted by atomic mass is 32.2. The van der Waals surface area contributed by atoms with Gasteiger partial charge >= 0.3 is 0 Å². The third kappa shape index (κ3) is 3.40. The summed E-state index contributed by atoms with van der Waals surface area (Å²) < 4.78 is 0. The summed E-state index contributed by atoms with van der Waals surface area (Å²) in [6.07, 6.45) is 0. The van der Waals surface area contributed by atoms with Gasteiger partial charge in [-0.25, -0.2) is 0 Å². The van der Waals surface area contributed by atoms with Gasteiger partial charge in [0.1, 0.15) is 0 Å². The lowest BCUT2D eigenvalue weighted by Crippen LogP contribution is -2.21. The molecular weight excluding hydrogens is 196 g/mol. The third-order valence-corrected chi connectivity index (χ3v) is 2.49. The van der Waals surface area contributed by atoms with Crippen LogP contribution in [-0.2, 0) is 4.79 Å². The Morgan fingerprint density at radius 3 is 3.00 bits per heavy atom. The van der Waals surface area contributed by atoms with Crippen LogP contribution in [0.15, 0.2) is 29.2 Å². The molecule has 1 amide bonds. The minimum absolute atomic E-state index is 0.0190. The van der Waals surface area contributed by atoms with Crippen LogP contribution < -0.4 is 11.1 Å². The van der Waals surface area contributed by atoms with Crippen LogP contribution in [0, 0.1) is 0 Å². The van der Waals surface area contributed by atoms with Gasteiger partial charge in [-0.05, 0) is 24.0 Å². The van der Waals surface area contributed by atoms with Crippen molar-refractivity contribution in [3.05, 3.63) is 24.3 Å². The average Bonchev–Trinajstić information content (AvgIpc) is 2.19. The van der Waals surface area contributed by atoms with Crippen molar-refractivity contribution < 1.29 is 4.79 Å². The first-order chi connectivity index (χ1) is 6.76. The van der Waals surface area contributed by atoms with Crippen LogP contribution in [0.4, 0.5) is 5.69 Å². The van der Waals surface area contributed by atoms with Crippen LogP contribution in [0.3, 0.4) is 0 Å². The molecule has 0 radical (unpaired) electrons. The molecule has 0 fully saturated rings. The van der Waals surface area contributed by atoms with Crippen LogP contribution in [0.5, 0.6) is 0 Å². The van der Waals surface area contributed by atoms with Gasteiger partial charge < -0.3 is 11.1 Å². The maximum Gasteiger partial charge on any atom is 0.238 e. The van der Waals surface area contributed by atoms with Crippen LogP contribution in [0.1, 0.15) is 6.92 Å². The fourth-order valence-corrected chi connectivity index (χ4v) is 1.76. The van der Waals surface area contributed by atoms with E-state index < -0.39 is 0 Å². The van der Waals surface area contributed by atoms with Crippen molar-refractivity contribution in [1.29, 1.82) is 0 Å². The van der Waals surface area contributed by atoms with Crippen LogP contribution in [0.2, 0.25) is 0 Å². The number of hydrogen-bond acceptors (Lipinski definition) is 3. The molecule has 1 aromatic rings. The number of amides is 1. The smallest absolute Gasteiger partial charge is 0.238 e. The molecule has 0 aliphatic heterocycles. The molecule has 4 heteroatoms. The fourth-order valence-electron chi connectivity index (χ4n) is 1.04. The lowest BCUT2D eigenvalue weighted by molar-refractivity contribution is -0.114. The normalized spacial score (nSPS) is 9.86. The molecule has 76 valence electrons. The number of carbonyl (C=O) groups excluding carboxylic acids is 1. The molecule has 1 rings (SSSR count). The Morgan fingerprint density at radius 2 is 2.36 bits per heavy atom. The van der Waals surface area contributed by atoms with Gasteiger partial charge in [-0.1, -0.05) is 13.0 Å². The highest BCUT2D eigenvalue weighted by Crippen LogP contribution is 2.20. The van der Waals surface area contributed by atoms with E-state index >= 15 is 0 Å². The van der Waals surface area contributed by atoms with Crippen molar-refractivity contribution in [2.75, 3.05) is 17.6 Å². The third-order valence-electron chi connectivity index (χ3n) is 1.61. The zero-order chi connectivity index (χ0) is 10.4. The first-order valence-corrected chi connectivity index (χ1v) is 5.47. The Morgan fingerprint density at radius 1 is 1.57 bits per heavy atom. The second kappa shape index (κ2) is 5.67. The van der Waals surface area contributed by atoms with Gasteiger partial charge in [0.05, 0.1) is 6.54 Å². The molecule has 14 heavy (non-hydrogen) atoms. The number of carbonyl (C=O) groups is 1. The van der Waals surface area contributed by atoms with Crippen molar-refractivity contribution in [1.82, 2.24) is 0 Å². The maximum atomic E-state index is 11.0. The van der Waals surface area contributed by atoms with Crippen LogP contribution in [0.25, 0.3) is 0 Å². The van der Waals surface area contributed by atoms with E-state index in [1.165, 1.54) is 0 Å².